The van der Waals surface area contributed by atoms with Crippen LogP contribution in [-0.2, 0) is 13.8 Å². The van der Waals surface area contributed by atoms with Crippen LogP contribution >= 0.6 is 7.82 Å². The third-order valence-electron chi connectivity index (χ3n) is 2.77. The number of hydrogen-bond donors (Lipinski definition) is 8. The Balaban J connectivity index is 2.88. The molecule has 0 bridgehead atoms. The highest BCUT2D eigenvalue weighted by atomic mass is 31.2. The lowest BCUT2D eigenvalue weighted by atomic mass is 9.93. The molecule has 1 aliphatic rings. The molecule has 0 aromatic heterocycles. The van der Waals surface area contributed by atoms with Crippen molar-refractivity contribution in [3.05, 3.63) is 0 Å². The molecule has 0 saturated carbocycles. The summed E-state index contributed by atoms with van der Waals surface area (Å²) in [7, 11) is -5.08. The molecule has 1 aliphatic heterocycles. The summed E-state index contributed by atoms with van der Waals surface area (Å²) in [5, 5.41) is 56.1. The quantitative estimate of drug-likeness (QED) is 0.228. The van der Waals surface area contributed by atoms with Gasteiger partial charge in [0.1, 0.15) is 36.6 Å². The van der Waals surface area contributed by atoms with Crippen molar-refractivity contribution in [2.75, 3.05) is 6.61 Å². The molecule has 0 radical (unpaired) electrons. The van der Waals surface area contributed by atoms with Crippen molar-refractivity contribution in [1.82, 2.24) is 0 Å². The monoisotopic (exact) mass is 320 g/mol. The summed E-state index contributed by atoms with van der Waals surface area (Å²) in [6, 6.07) is 0. The summed E-state index contributed by atoms with van der Waals surface area (Å²) < 4.78 is 19.5. The number of hydrogen-bond acceptors (Lipinski definition) is 9. The molecule has 12 heteroatoms. The van der Waals surface area contributed by atoms with E-state index in [2.05, 4.69) is 4.52 Å². The molecule has 1 fully saturated rings. The molecule has 1 heterocycles. The van der Waals surface area contributed by atoms with Crippen molar-refractivity contribution < 1.29 is 54.3 Å². The fourth-order valence-electron chi connectivity index (χ4n) is 1.71. The average molecular weight is 320 g/mol. The van der Waals surface area contributed by atoms with Crippen LogP contribution in [0.1, 0.15) is 0 Å². The van der Waals surface area contributed by atoms with Crippen LogP contribution in [0.25, 0.3) is 0 Å². The summed E-state index contributed by atoms with van der Waals surface area (Å²) in [4.78, 5) is 17.2. The standard InChI is InChI=1S/C8H17O11P/c9-1-2(10)3(11)7-5(13)4(12)6(14)8(18-7)19-20(15,16)17/h2-14H,1H2,(H2,15,16,17)/t2-,3-,4+,5+,6-,7?,8-/m1/s1. The van der Waals surface area contributed by atoms with Gasteiger partial charge >= 0.3 is 7.82 Å². The van der Waals surface area contributed by atoms with Gasteiger partial charge in [0.15, 0.2) is 6.29 Å². The second-order valence-electron chi connectivity index (χ2n) is 4.28. The van der Waals surface area contributed by atoms with E-state index in [1.807, 2.05) is 0 Å². The molecule has 7 atom stereocenters. The fraction of sp³-hybridized carbons (Fsp3) is 1.00. The molecule has 0 aliphatic carbocycles. The number of ether oxygens (including phenoxy) is 1. The van der Waals surface area contributed by atoms with Crippen LogP contribution in [0.2, 0.25) is 0 Å². The van der Waals surface area contributed by atoms with Crippen LogP contribution in [0, 0.1) is 0 Å². The van der Waals surface area contributed by atoms with Crippen LogP contribution < -0.4 is 0 Å². The van der Waals surface area contributed by atoms with Gasteiger partial charge in [-0.1, -0.05) is 0 Å². The molecule has 11 nitrogen and oxygen atoms in total. The first-order chi connectivity index (χ1) is 9.08. The Bertz CT molecular complexity index is 354. The first kappa shape index (κ1) is 17.9. The van der Waals surface area contributed by atoms with Gasteiger partial charge in [-0.05, 0) is 0 Å². The molecular formula is C8H17O11P. The average Bonchev–Trinajstić information content (AvgIpc) is 2.36. The maximum absolute atomic E-state index is 10.7. The molecule has 0 aromatic rings. The highest BCUT2D eigenvalue weighted by molar-refractivity contribution is 7.46. The lowest BCUT2D eigenvalue weighted by Crippen LogP contribution is -2.62. The second kappa shape index (κ2) is 6.73. The van der Waals surface area contributed by atoms with E-state index in [1.165, 1.54) is 0 Å². The zero-order valence-electron chi connectivity index (χ0n) is 10.00. The van der Waals surface area contributed by atoms with Gasteiger partial charge in [-0.25, -0.2) is 4.57 Å². The normalized spacial score (nSPS) is 38.5. The van der Waals surface area contributed by atoms with Crippen LogP contribution in [0.5, 0.6) is 0 Å². The van der Waals surface area contributed by atoms with E-state index in [0.717, 1.165) is 0 Å². The molecule has 120 valence electrons. The van der Waals surface area contributed by atoms with E-state index in [9.17, 15) is 30.1 Å². The molecule has 0 aromatic carbocycles. The topological polar surface area (TPSA) is 197 Å². The van der Waals surface area contributed by atoms with Gasteiger partial charge in [0.25, 0.3) is 0 Å². The SMILES string of the molecule is O=P(O)(O)O[C@H]1OC([C@H](O)[C@H](O)CO)[C@@H](O)[C@H](O)[C@H]1O. The predicted octanol–water partition coefficient (Wildman–Crippen LogP) is -4.38. The van der Waals surface area contributed by atoms with Crippen molar-refractivity contribution in [2.45, 2.75) is 42.9 Å². The summed E-state index contributed by atoms with van der Waals surface area (Å²) in [5.41, 5.74) is 0. The highest BCUT2D eigenvalue weighted by Crippen LogP contribution is 2.40. The Morgan fingerprint density at radius 1 is 1.10 bits per heavy atom. The number of rotatable bonds is 5. The van der Waals surface area contributed by atoms with Gasteiger partial charge in [0.05, 0.1) is 6.61 Å². The second-order valence-corrected chi connectivity index (χ2v) is 5.47. The Morgan fingerprint density at radius 3 is 2.10 bits per heavy atom. The van der Waals surface area contributed by atoms with Crippen LogP contribution in [0.4, 0.5) is 0 Å². The molecule has 1 saturated heterocycles. The minimum Gasteiger partial charge on any atom is -0.394 e. The van der Waals surface area contributed by atoms with Crippen molar-refractivity contribution in [1.29, 1.82) is 0 Å². The number of aliphatic hydroxyl groups is 6. The number of aliphatic hydroxyl groups excluding tert-OH is 6. The lowest BCUT2D eigenvalue weighted by Gasteiger charge is -2.42. The molecular weight excluding hydrogens is 303 g/mol. The van der Waals surface area contributed by atoms with Gasteiger partial charge in [-0.2, -0.15) is 0 Å². The van der Waals surface area contributed by atoms with Crippen molar-refractivity contribution in [3.63, 3.8) is 0 Å². The number of phosphoric ester groups is 1. The highest BCUT2D eigenvalue weighted by Gasteiger charge is 2.49. The van der Waals surface area contributed by atoms with E-state index in [0.29, 0.717) is 0 Å². The molecule has 0 spiro atoms. The van der Waals surface area contributed by atoms with Crippen molar-refractivity contribution in [3.8, 4) is 0 Å². The Labute approximate surface area is 112 Å². The molecule has 1 unspecified atom stereocenters. The zero-order valence-corrected chi connectivity index (χ0v) is 10.9. The first-order valence-corrected chi connectivity index (χ1v) is 7.02. The van der Waals surface area contributed by atoms with E-state index >= 15 is 0 Å². The fourth-order valence-corrected chi connectivity index (χ4v) is 2.15. The predicted molar refractivity (Wildman–Crippen MR) is 58.9 cm³/mol. The Morgan fingerprint density at radius 2 is 1.65 bits per heavy atom. The van der Waals surface area contributed by atoms with Gasteiger partial charge in [0, 0.05) is 0 Å². The van der Waals surface area contributed by atoms with Crippen molar-refractivity contribution >= 4 is 7.82 Å². The van der Waals surface area contributed by atoms with Crippen LogP contribution in [-0.4, -0.2) is 89.9 Å². The van der Waals surface area contributed by atoms with E-state index < -0.39 is 57.3 Å². The van der Waals surface area contributed by atoms with Crippen LogP contribution in [0.15, 0.2) is 0 Å². The minimum absolute atomic E-state index is 0.892. The smallest absolute Gasteiger partial charge is 0.394 e. The van der Waals surface area contributed by atoms with E-state index in [4.69, 9.17) is 19.6 Å². The summed E-state index contributed by atoms with van der Waals surface area (Å²) in [6.07, 6.45) is -13.2. The zero-order chi connectivity index (χ0) is 15.7. The Kier molecular flexibility index (Phi) is 6.01. The van der Waals surface area contributed by atoms with Gasteiger partial charge in [0.2, 0.25) is 0 Å². The van der Waals surface area contributed by atoms with Crippen molar-refractivity contribution in [2.24, 2.45) is 0 Å². The molecule has 20 heavy (non-hydrogen) atoms. The third kappa shape index (κ3) is 4.16. The van der Waals surface area contributed by atoms with E-state index in [-0.39, 0.29) is 0 Å². The summed E-state index contributed by atoms with van der Waals surface area (Å²) in [6.45, 7) is -0.892. The Hall–Kier alpha value is -0.170. The van der Waals surface area contributed by atoms with Crippen LogP contribution in [0.3, 0.4) is 0 Å². The maximum Gasteiger partial charge on any atom is 0.472 e. The summed E-state index contributed by atoms with van der Waals surface area (Å²) in [5.74, 6) is 0. The minimum atomic E-state index is -5.08. The molecule has 8 N–H and O–H groups in total. The lowest BCUT2D eigenvalue weighted by molar-refractivity contribution is -0.297. The summed E-state index contributed by atoms with van der Waals surface area (Å²) >= 11 is 0. The first-order valence-electron chi connectivity index (χ1n) is 5.49. The van der Waals surface area contributed by atoms with Gasteiger partial charge < -0.3 is 45.2 Å². The molecule has 1 rings (SSSR count). The van der Waals surface area contributed by atoms with Gasteiger partial charge in [-0.15, -0.1) is 0 Å². The molecule has 0 amide bonds. The number of phosphoric acid groups is 1. The third-order valence-corrected chi connectivity index (χ3v) is 3.25. The van der Waals surface area contributed by atoms with E-state index in [1.54, 1.807) is 0 Å². The van der Waals surface area contributed by atoms with Gasteiger partial charge in [-0.3, -0.25) is 4.52 Å². The largest absolute Gasteiger partial charge is 0.472 e. The maximum atomic E-state index is 10.7.